The summed E-state index contributed by atoms with van der Waals surface area (Å²) in [6, 6.07) is 21.5. The number of likely N-dealkylation sites (N-methyl/N-ethyl adjacent to an activating group) is 1. The van der Waals surface area contributed by atoms with Crippen LogP contribution in [0.15, 0.2) is 88.1 Å². The van der Waals surface area contributed by atoms with Gasteiger partial charge in [0.15, 0.2) is 11.2 Å². The zero-order valence-corrected chi connectivity index (χ0v) is 26.0. The van der Waals surface area contributed by atoms with Gasteiger partial charge < -0.3 is 29.8 Å². The maximum Gasteiger partial charge on any atom is 0.287 e. The molecule has 1 atom stereocenters. The number of nitrogens with zero attached hydrogens (tertiary/aromatic N) is 3. The molecule has 1 aliphatic rings. The summed E-state index contributed by atoms with van der Waals surface area (Å²) in [6.07, 6.45) is 0.218. The summed E-state index contributed by atoms with van der Waals surface area (Å²) in [6.45, 7) is 3.08. The molecule has 45 heavy (non-hydrogen) atoms. The summed E-state index contributed by atoms with van der Waals surface area (Å²) >= 11 is 6.07. The molecule has 11 heteroatoms. The molecular formula is C34H36ClN5O5. The van der Waals surface area contributed by atoms with Gasteiger partial charge in [0.25, 0.3) is 11.8 Å². The standard InChI is InChI=1S/C34H36ClN5O5/c1-38(2)16-15-36-32(42)25-7-3-5-9-28(25)39-17-19-40(20-18-39)34(44)27(21-23-11-13-24(35)14-12-23)37-33(43)31-22-29(41)26-8-4-6-10-30(26)45-31/h3-14,22,27H,15-21H2,1-2H3,(H,36,42)(H,37,43)/t27-/m1/s1. The third-order valence-corrected chi connectivity index (χ3v) is 7.99. The molecule has 5 rings (SSSR count). The minimum absolute atomic E-state index is 0.142. The first-order valence-corrected chi connectivity index (χ1v) is 15.2. The molecule has 0 bridgehead atoms. The molecule has 0 spiro atoms. The first-order chi connectivity index (χ1) is 21.7. The first-order valence-electron chi connectivity index (χ1n) is 14.8. The Morgan fingerprint density at radius 3 is 2.33 bits per heavy atom. The number of halogens is 1. The summed E-state index contributed by atoms with van der Waals surface area (Å²) in [4.78, 5) is 58.7. The Morgan fingerprint density at radius 2 is 1.60 bits per heavy atom. The Kier molecular flexibility index (Phi) is 10.2. The van der Waals surface area contributed by atoms with E-state index in [1.165, 1.54) is 0 Å². The lowest BCUT2D eigenvalue weighted by atomic mass is 10.0. The maximum absolute atomic E-state index is 13.9. The highest BCUT2D eigenvalue weighted by molar-refractivity contribution is 6.30. The van der Waals surface area contributed by atoms with Gasteiger partial charge in [-0.15, -0.1) is 0 Å². The SMILES string of the molecule is CN(C)CCNC(=O)c1ccccc1N1CCN(C(=O)[C@@H](Cc2ccc(Cl)cc2)NC(=O)c2cc(=O)c3ccccc3o2)CC1. The molecule has 2 N–H and O–H groups in total. The number of piperazine rings is 1. The molecule has 1 aromatic heterocycles. The number of anilines is 1. The van der Waals surface area contributed by atoms with Crippen LogP contribution in [0.3, 0.4) is 0 Å². The Balaban J connectivity index is 1.30. The van der Waals surface area contributed by atoms with E-state index < -0.39 is 11.9 Å². The minimum Gasteiger partial charge on any atom is -0.451 e. The number of carbonyl (C=O) groups excluding carboxylic acids is 3. The zero-order valence-electron chi connectivity index (χ0n) is 25.3. The van der Waals surface area contributed by atoms with Crippen LogP contribution in [0.2, 0.25) is 5.02 Å². The maximum atomic E-state index is 13.9. The number of hydrogen-bond donors (Lipinski definition) is 2. The normalized spacial score (nSPS) is 14.0. The molecule has 3 amide bonds. The highest BCUT2D eigenvalue weighted by Crippen LogP contribution is 2.23. The van der Waals surface area contributed by atoms with Crippen LogP contribution in [0.1, 0.15) is 26.5 Å². The van der Waals surface area contributed by atoms with E-state index in [0.29, 0.717) is 54.3 Å². The van der Waals surface area contributed by atoms with Crippen molar-refractivity contribution < 1.29 is 18.8 Å². The second-order valence-corrected chi connectivity index (χ2v) is 11.7. The average molecular weight is 630 g/mol. The van der Waals surface area contributed by atoms with Crippen molar-refractivity contribution in [2.75, 3.05) is 58.3 Å². The van der Waals surface area contributed by atoms with E-state index in [9.17, 15) is 19.2 Å². The number of benzene rings is 3. The number of hydrogen-bond acceptors (Lipinski definition) is 7. The van der Waals surface area contributed by atoms with Gasteiger partial charge >= 0.3 is 0 Å². The molecule has 4 aromatic rings. The Labute approximate surface area is 266 Å². The van der Waals surface area contributed by atoms with Gasteiger partial charge in [0.1, 0.15) is 11.6 Å². The van der Waals surface area contributed by atoms with Gasteiger partial charge in [-0.1, -0.05) is 48.0 Å². The molecule has 0 aliphatic carbocycles. The summed E-state index contributed by atoms with van der Waals surface area (Å²) in [7, 11) is 3.90. The largest absolute Gasteiger partial charge is 0.451 e. The first kappa shape index (κ1) is 31.7. The van der Waals surface area contributed by atoms with Crippen LogP contribution in [-0.4, -0.2) is 86.9 Å². The molecule has 3 aromatic carbocycles. The fraction of sp³-hybridized carbons (Fsp3) is 0.294. The van der Waals surface area contributed by atoms with Gasteiger partial charge in [0, 0.05) is 62.5 Å². The number of fused-ring (bicyclic) bond motifs is 1. The second kappa shape index (κ2) is 14.4. The topological polar surface area (TPSA) is 115 Å². The summed E-state index contributed by atoms with van der Waals surface area (Å²) in [5, 5.41) is 6.72. The van der Waals surface area contributed by atoms with Crippen LogP contribution >= 0.6 is 11.6 Å². The predicted octanol–water partition coefficient (Wildman–Crippen LogP) is 3.43. The zero-order chi connectivity index (χ0) is 31.9. The molecule has 1 fully saturated rings. The molecule has 2 heterocycles. The van der Waals surface area contributed by atoms with Gasteiger partial charge in [-0.05, 0) is 56.1 Å². The van der Waals surface area contributed by atoms with Crippen molar-refractivity contribution in [3.8, 4) is 0 Å². The summed E-state index contributed by atoms with van der Waals surface area (Å²) in [5.41, 5.74) is 2.15. The van der Waals surface area contributed by atoms with E-state index in [0.717, 1.165) is 23.9 Å². The van der Waals surface area contributed by atoms with Crippen molar-refractivity contribution >= 4 is 46.0 Å². The fourth-order valence-corrected chi connectivity index (χ4v) is 5.45. The lowest BCUT2D eigenvalue weighted by Gasteiger charge is -2.38. The van der Waals surface area contributed by atoms with Gasteiger partial charge in [-0.25, -0.2) is 0 Å². The molecule has 10 nitrogen and oxygen atoms in total. The van der Waals surface area contributed by atoms with E-state index in [1.807, 2.05) is 49.3 Å². The highest BCUT2D eigenvalue weighted by Gasteiger charge is 2.31. The molecule has 0 radical (unpaired) electrons. The average Bonchev–Trinajstić information content (AvgIpc) is 3.05. The fourth-order valence-electron chi connectivity index (χ4n) is 5.32. The van der Waals surface area contributed by atoms with Gasteiger partial charge in [-0.3, -0.25) is 19.2 Å². The van der Waals surface area contributed by atoms with Crippen molar-refractivity contribution in [1.82, 2.24) is 20.4 Å². The molecule has 1 saturated heterocycles. The predicted molar refractivity (Wildman–Crippen MR) is 175 cm³/mol. The van der Waals surface area contributed by atoms with Crippen molar-refractivity contribution in [2.24, 2.45) is 0 Å². The third-order valence-electron chi connectivity index (χ3n) is 7.74. The molecule has 234 valence electrons. The smallest absolute Gasteiger partial charge is 0.287 e. The monoisotopic (exact) mass is 629 g/mol. The van der Waals surface area contributed by atoms with Crippen molar-refractivity contribution in [3.63, 3.8) is 0 Å². The number of rotatable bonds is 10. The minimum atomic E-state index is -0.920. The van der Waals surface area contributed by atoms with E-state index in [1.54, 1.807) is 47.4 Å². The lowest BCUT2D eigenvalue weighted by Crippen LogP contribution is -2.55. The number of amides is 3. The molecule has 0 saturated carbocycles. The van der Waals surface area contributed by atoms with Crippen LogP contribution in [-0.2, 0) is 11.2 Å². The number of para-hydroxylation sites is 2. The Bertz CT molecular complexity index is 1730. The van der Waals surface area contributed by atoms with Crippen LogP contribution in [0.4, 0.5) is 5.69 Å². The van der Waals surface area contributed by atoms with E-state index >= 15 is 0 Å². The molecular weight excluding hydrogens is 594 g/mol. The van der Waals surface area contributed by atoms with Gasteiger partial charge in [0.2, 0.25) is 5.91 Å². The number of nitrogens with one attached hydrogen (secondary N) is 2. The van der Waals surface area contributed by atoms with E-state index in [4.69, 9.17) is 16.0 Å². The second-order valence-electron chi connectivity index (χ2n) is 11.2. The lowest BCUT2D eigenvalue weighted by molar-refractivity contribution is -0.133. The quantitative estimate of drug-likeness (QED) is 0.276. The van der Waals surface area contributed by atoms with Crippen LogP contribution in [0, 0.1) is 0 Å². The van der Waals surface area contributed by atoms with Gasteiger partial charge in [-0.2, -0.15) is 0 Å². The summed E-state index contributed by atoms with van der Waals surface area (Å²) < 4.78 is 5.73. The molecule has 1 aliphatic heterocycles. The van der Waals surface area contributed by atoms with E-state index in [-0.39, 0.29) is 29.4 Å². The summed E-state index contributed by atoms with van der Waals surface area (Å²) in [5.74, 6) is -1.22. The van der Waals surface area contributed by atoms with Crippen molar-refractivity contribution in [3.05, 3.63) is 111 Å². The Hall–Kier alpha value is -4.67. The van der Waals surface area contributed by atoms with E-state index in [2.05, 4.69) is 15.5 Å². The van der Waals surface area contributed by atoms with Crippen molar-refractivity contribution in [2.45, 2.75) is 12.5 Å². The van der Waals surface area contributed by atoms with Crippen molar-refractivity contribution in [1.29, 1.82) is 0 Å². The number of carbonyl (C=O) groups is 3. The van der Waals surface area contributed by atoms with Gasteiger partial charge in [0.05, 0.1) is 10.9 Å². The van der Waals surface area contributed by atoms with Crippen LogP contribution in [0.5, 0.6) is 0 Å². The third kappa shape index (κ3) is 7.89. The molecule has 0 unspecified atom stereocenters. The Morgan fingerprint density at radius 1 is 0.911 bits per heavy atom. The van der Waals surface area contributed by atoms with Crippen LogP contribution < -0.4 is 21.0 Å². The highest BCUT2D eigenvalue weighted by atomic mass is 35.5. The van der Waals surface area contributed by atoms with Crippen LogP contribution in [0.25, 0.3) is 11.0 Å².